The summed E-state index contributed by atoms with van der Waals surface area (Å²) in [6, 6.07) is 4.53. The molecule has 0 bridgehead atoms. The van der Waals surface area contributed by atoms with Crippen molar-refractivity contribution in [3.63, 3.8) is 0 Å². The van der Waals surface area contributed by atoms with Crippen LogP contribution in [0.4, 0.5) is 26.3 Å². The highest BCUT2D eigenvalue weighted by atomic mass is 32.1. The first-order valence-corrected chi connectivity index (χ1v) is 11.0. The highest BCUT2D eigenvalue weighted by Gasteiger charge is 2.37. The van der Waals surface area contributed by atoms with Gasteiger partial charge in [0.15, 0.2) is 12.4 Å². The summed E-state index contributed by atoms with van der Waals surface area (Å²) in [5.74, 6) is 0. The van der Waals surface area contributed by atoms with Crippen LogP contribution in [0.15, 0.2) is 29.6 Å². The van der Waals surface area contributed by atoms with Crippen molar-refractivity contribution >= 4 is 11.3 Å². The second kappa shape index (κ2) is 9.96. The van der Waals surface area contributed by atoms with Crippen LogP contribution in [0.2, 0.25) is 0 Å². The molecule has 3 aromatic rings. The summed E-state index contributed by atoms with van der Waals surface area (Å²) in [7, 11) is 0. The fourth-order valence-electron chi connectivity index (χ4n) is 2.99. The van der Waals surface area contributed by atoms with Gasteiger partial charge in [0.05, 0.1) is 22.6 Å². The standard InChI is InChI=1S/C22H20F6N4O2S/c1-20(2,3)10-33-12-34-11-32-30-17(9-29)18(31-32)19-16(4-5-35-19)13-6-14(21(23,24)25)8-15(7-13)22(26,27)28/h4-8H,10-12H2,1-3H3. The maximum Gasteiger partial charge on any atom is 0.416 e. The summed E-state index contributed by atoms with van der Waals surface area (Å²) in [4.78, 5) is 1.26. The number of nitrogens with zero attached hydrogens (tertiary/aromatic N) is 4. The van der Waals surface area contributed by atoms with E-state index in [2.05, 4.69) is 10.2 Å². The van der Waals surface area contributed by atoms with Crippen LogP contribution >= 0.6 is 11.3 Å². The number of benzene rings is 1. The molecule has 0 aliphatic carbocycles. The number of alkyl halides is 6. The molecule has 0 aliphatic rings. The highest BCUT2D eigenvalue weighted by Crippen LogP contribution is 2.42. The Labute approximate surface area is 200 Å². The lowest BCUT2D eigenvalue weighted by molar-refractivity contribution is -0.143. The van der Waals surface area contributed by atoms with E-state index in [0.29, 0.717) is 18.7 Å². The number of rotatable bonds is 7. The van der Waals surface area contributed by atoms with Crippen molar-refractivity contribution < 1.29 is 35.8 Å². The van der Waals surface area contributed by atoms with Gasteiger partial charge in [0, 0.05) is 5.56 Å². The van der Waals surface area contributed by atoms with Crippen LogP contribution in [0.5, 0.6) is 0 Å². The number of hydrogen-bond acceptors (Lipinski definition) is 6. The van der Waals surface area contributed by atoms with E-state index in [9.17, 15) is 31.6 Å². The van der Waals surface area contributed by atoms with Crippen LogP contribution in [-0.2, 0) is 28.6 Å². The van der Waals surface area contributed by atoms with Gasteiger partial charge < -0.3 is 9.47 Å². The van der Waals surface area contributed by atoms with E-state index in [0.717, 1.165) is 16.1 Å². The minimum atomic E-state index is -4.99. The van der Waals surface area contributed by atoms with Crippen LogP contribution in [-0.4, -0.2) is 28.4 Å². The Morgan fingerprint density at radius 1 is 0.971 bits per heavy atom. The van der Waals surface area contributed by atoms with Gasteiger partial charge in [-0.3, -0.25) is 0 Å². The molecule has 0 radical (unpaired) electrons. The van der Waals surface area contributed by atoms with Gasteiger partial charge in [-0.15, -0.1) is 21.5 Å². The van der Waals surface area contributed by atoms with Crippen LogP contribution in [0.25, 0.3) is 21.7 Å². The molecule has 2 aromatic heterocycles. The summed E-state index contributed by atoms with van der Waals surface area (Å²) >= 11 is 1.01. The Morgan fingerprint density at radius 2 is 1.60 bits per heavy atom. The monoisotopic (exact) mass is 518 g/mol. The average molecular weight is 518 g/mol. The fourth-order valence-corrected chi connectivity index (χ4v) is 3.89. The molecule has 0 amide bonds. The first-order chi connectivity index (χ1) is 16.2. The molecule has 0 saturated heterocycles. The summed E-state index contributed by atoms with van der Waals surface area (Å²) < 4.78 is 90.5. The quantitative estimate of drug-likeness (QED) is 0.201. The smallest absolute Gasteiger partial charge is 0.355 e. The number of aromatic nitrogens is 3. The Morgan fingerprint density at radius 3 is 2.14 bits per heavy atom. The van der Waals surface area contributed by atoms with E-state index in [-0.39, 0.29) is 52.4 Å². The zero-order valence-corrected chi connectivity index (χ0v) is 19.6. The Hall–Kier alpha value is -2.95. The van der Waals surface area contributed by atoms with Crippen LogP contribution in [0.3, 0.4) is 0 Å². The summed E-state index contributed by atoms with van der Waals surface area (Å²) in [5, 5.41) is 19.1. The van der Waals surface area contributed by atoms with Gasteiger partial charge in [-0.25, -0.2) is 0 Å². The zero-order valence-electron chi connectivity index (χ0n) is 18.8. The third-order valence-corrected chi connectivity index (χ3v) is 5.37. The molecule has 2 heterocycles. The average Bonchev–Trinajstić information content (AvgIpc) is 3.37. The van der Waals surface area contributed by atoms with Gasteiger partial charge in [0.2, 0.25) is 0 Å². The summed E-state index contributed by atoms with van der Waals surface area (Å²) in [5.41, 5.74) is -3.34. The van der Waals surface area contributed by atoms with E-state index in [1.807, 2.05) is 26.8 Å². The first-order valence-electron chi connectivity index (χ1n) is 10.1. The molecule has 35 heavy (non-hydrogen) atoms. The molecule has 0 unspecified atom stereocenters. The lowest BCUT2D eigenvalue weighted by Crippen LogP contribution is -2.17. The van der Waals surface area contributed by atoms with Crippen molar-refractivity contribution in [1.29, 1.82) is 5.26 Å². The molecule has 188 valence electrons. The van der Waals surface area contributed by atoms with Crippen molar-refractivity contribution in [3.8, 4) is 27.8 Å². The van der Waals surface area contributed by atoms with Crippen LogP contribution in [0, 0.1) is 16.7 Å². The van der Waals surface area contributed by atoms with E-state index >= 15 is 0 Å². The molecule has 6 nitrogen and oxygen atoms in total. The zero-order chi connectivity index (χ0) is 26.0. The molecule has 13 heteroatoms. The number of thiophene rings is 1. The highest BCUT2D eigenvalue weighted by molar-refractivity contribution is 7.14. The summed E-state index contributed by atoms with van der Waals surface area (Å²) in [6.45, 7) is 6.13. The molecule has 0 N–H and O–H groups in total. The van der Waals surface area contributed by atoms with Crippen molar-refractivity contribution in [3.05, 3.63) is 46.5 Å². The van der Waals surface area contributed by atoms with Gasteiger partial charge in [0.1, 0.15) is 18.6 Å². The predicted molar refractivity (Wildman–Crippen MR) is 115 cm³/mol. The number of halogens is 6. The van der Waals surface area contributed by atoms with Crippen molar-refractivity contribution in [1.82, 2.24) is 15.0 Å². The molecule has 0 fully saturated rings. The normalized spacial score (nSPS) is 12.7. The van der Waals surface area contributed by atoms with E-state index in [1.54, 1.807) is 0 Å². The largest absolute Gasteiger partial charge is 0.416 e. The molecule has 0 saturated carbocycles. The van der Waals surface area contributed by atoms with Gasteiger partial charge in [-0.2, -0.15) is 36.4 Å². The third-order valence-electron chi connectivity index (χ3n) is 4.45. The topological polar surface area (TPSA) is 73.0 Å². The number of nitriles is 1. The molecule has 0 spiro atoms. The van der Waals surface area contributed by atoms with Gasteiger partial charge in [-0.05, 0) is 40.6 Å². The third kappa shape index (κ3) is 6.81. The Balaban J connectivity index is 1.93. The maximum absolute atomic E-state index is 13.3. The fraction of sp³-hybridized carbons (Fsp3) is 0.409. The lowest BCUT2D eigenvalue weighted by Gasteiger charge is -2.17. The predicted octanol–water partition coefficient (Wildman–Crippen LogP) is 6.58. The van der Waals surface area contributed by atoms with Crippen molar-refractivity contribution in [2.45, 2.75) is 39.9 Å². The minimum Gasteiger partial charge on any atom is -0.355 e. The van der Waals surface area contributed by atoms with E-state index < -0.39 is 23.5 Å². The SMILES string of the molecule is CC(C)(C)COCOCn1nc(C#N)c(-c2sccc2-c2cc(C(F)(F)F)cc(C(F)(F)F)c2)n1. The van der Waals surface area contributed by atoms with Gasteiger partial charge >= 0.3 is 12.4 Å². The lowest BCUT2D eigenvalue weighted by atomic mass is 9.98. The molecule has 0 aliphatic heterocycles. The molecule has 3 rings (SSSR count). The second-order valence-corrected chi connectivity index (χ2v) is 9.62. The Bertz CT molecular complexity index is 1190. The number of ether oxygens (including phenoxy) is 2. The molecular weight excluding hydrogens is 498 g/mol. The van der Waals surface area contributed by atoms with Gasteiger partial charge in [0.25, 0.3) is 0 Å². The van der Waals surface area contributed by atoms with Crippen molar-refractivity contribution in [2.75, 3.05) is 13.4 Å². The van der Waals surface area contributed by atoms with Crippen LogP contribution in [0.1, 0.15) is 37.6 Å². The van der Waals surface area contributed by atoms with E-state index in [1.165, 1.54) is 11.4 Å². The minimum absolute atomic E-state index is 0.0164. The Kier molecular flexibility index (Phi) is 7.59. The van der Waals surface area contributed by atoms with Crippen LogP contribution < -0.4 is 0 Å². The maximum atomic E-state index is 13.3. The van der Waals surface area contributed by atoms with Gasteiger partial charge in [-0.1, -0.05) is 20.8 Å². The molecule has 0 atom stereocenters. The second-order valence-electron chi connectivity index (χ2n) is 8.70. The van der Waals surface area contributed by atoms with Crippen molar-refractivity contribution in [2.24, 2.45) is 5.41 Å². The first kappa shape index (κ1) is 26.7. The molecule has 1 aromatic carbocycles. The number of hydrogen-bond donors (Lipinski definition) is 0. The molecular formula is C22H20F6N4O2S. The summed E-state index contributed by atoms with van der Waals surface area (Å²) in [6.07, 6.45) is -9.97. The van der Waals surface area contributed by atoms with E-state index in [4.69, 9.17) is 9.47 Å².